The van der Waals surface area contributed by atoms with Gasteiger partial charge in [-0.2, -0.15) is 0 Å². The first kappa shape index (κ1) is 23.2. The van der Waals surface area contributed by atoms with E-state index in [1.54, 1.807) is 0 Å². The Morgan fingerprint density at radius 1 is 1.27 bits per heavy atom. The van der Waals surface area contributed by atoms with Crippen molar-refractivity contribution in [1.29, 1.82) is 0 Å². The van der Waals surface area contributed by atoms with Crippen LogP contribution < -0.4 is 68.2 Å². The summed E-state index contributed by atoms with van der Waals surface area (Å²) in [4.78, 5) is 0. The van der Waals surface area contributed by atoms with Crippen molar-refractivity contribution in [1.82, 2.24) is 0 Å². The molecule has 2 N–H and O–H groups in total. The van der Waals surface area contributed by atoms with E-state index in [-0.39, 0.29) is 59.1 Å². The van der Waals surface area contributed by atoms with Crippen molar-refractivity contribution in [2.24, 2.45) is 0 Å². The Morgan fingerprint density at radius 2 is 1.27 bits per heavy atom. The van der Waals surface area contributed by atoms with Gasteiger partial charge in [0.2, 0.25) is 0 Å². The fourth-order valence-electron chi connectivity index (χ4n) is 0. The Morgan fingerprint density at radius 3 is 1.27 bits per heavy atom. The minimum absolute atomic E-state index is 0. The van der Waals surface area contributed by atoms with E-state index < -0.39 is 21.2 Å². The molecule has 0 aliphatic rings. The minimum atomic E-state index is -3.38. The zero-order valence-electron chi connectivity index (χ0n) is 7.14. The van der Waals surface area contributed by atoms with Crippen LogP contribution in [0.5, 0.6) is 0 Å². The van der Waals surface area contributed by atoms with Crippen molar-refractivity contribution in [2.75, 3.05) is 0 Å². The van der Waals surface area contributed by atoms with Gasteiger partial charge in [0.25, 0.3) is 0 Å². The van der Waals surface area contributed by atoms with Gasteiger partial charge in [0.05, 0.1) is 0 Å². The van der Waals surface area contributed by atoms with Gasteiger partial charge in [0, 0.05) is 0 Å². The molecule has 9 heteroatoms. The summed E-state index contributed by atoms with van der Waals surface area (Å²) in [6.45, 7) is 0. The molecule has 0 bridgehead atoms. The van der Waals surface area contributed by atoms with Crippen molar-refractivity contribution in [3.63, 3.8) is 0 Å². The maximum Gasteiger partial charge on any atom is 1.00 e. The fourth-order valence-corrected chi connectivity index (χ4v) is 0. The first-order chi connectivity index (χ1) is 3.73. The van der Waals surface area contributed by atoms with Crippen molar-refractivity contribution in [3.8, 4) is 0 Å². The molecule has 0 fully saturated rings. The molecule has 0 amide bonds. The second-order valence-electron chi connectivity index (χ2n) is 1.58. The third kappa shape index (κ3) is 252. The molecule has 11 heavy (non-hydrogen) atoms. The third-order valence-electron chi connectivity index (χ3n) is 0. The van der Waals surface area contributed by atoms with Gasteiger partial charge < -0.3 is 15.1 Å². The number of hydrogen-bond donors (Lipinski definition) is 2. The van der Waals surface area contributed by atoms with Gasteiger partial charge in [0.15, 0.2) is 0 Å². The van der Waals surface area contributed by atoms with Crippen LogP contribution in [0, 0.1) is 0 Å². The second-order valence-corrected chi connectivity index (χ2v) is 6.83. The summed E-state index contributed by atoms with van der Waals surface area (Å²) in [5.41, 5.74) is 2.50. The molecule has 0 heterocycles. The summed E-state index contributed by atoms with van der Waals surface area (Å²) < 4.78 is 19.4. The van der Waals surface area contributed by atoms with Crippen molar-refractivity contribution in [3.05, 3.63) is 0 Å². The Labute approximate surface area is 113 Å². The maximum absolute atomic E-state index is 9.72. The molecule has 0 saturated carbocycles. The van der Waals surface area contributed by atoms with Gasteiger partial charge in [-0.1, -0.05) is 0 Å². The van der Waals surface area contributed by atoms with E-state index in [0.29, 0.717) is 0 Å². The zero-order chi connectivity index (χ0) is 8.08. The Balaban J connectivity index is -0.0000000383. The summed E-state index contributed by atoms with van der Waals surface area (Å²) in [6, 6.07) is 0. The molecule has 0 aromatic heterocycles. The Hall–Kier alpha value is 2.26. The molecule has 0 saturated heterocycles. The molecule has 0 rings (SSSR count). The molecular formula is C2H8AsBNa2O5. The Kier molecular flexibility index (Phi) is 25.9. The van der Waals surface area contributed by atoms with Gasteiger partial charge in [0.1, 0.15) is 0 Å². The molecular weight excluding hydrogens is 236 g/mol. The molecule has 0 atom stereocenters. The summed E-state index contributed by atoms with van der Waals surface area (Å²) >= 11 is -3.38. The third-order valence-corrected chi connectivity index (χ3v) is 0. The first-order valence-electron chi connectivity index (χ1n) is 2.01. The van der Waals surface area contributed by atoms with Gasteiger partial charge >= 0.3 is 99.5 Å². The molecule has 0 aliphatic heterocycles. The van der Waals surface area contributed by atoms with Crippen LogP contribution in [0.3, 0.4) is 0 Å². The largest absolute Gasteiger partial charge is 1.00 e. The molecule has 0 unspecified atom stereocenters. The first-order valence-corrected chi connectivity index (χ1v) is 7.30. The summed E-state index contributed by atoms with van der Waals surface area (Å²) in [5, 5.41) is 22.8. The normalized spacial score (nSPS) is 7.82. The van der Waals surface area contributed by atoms with Crippen LogP contribution in [0.4, 0.5) is 0 Å². The molecule has 56 valence electrons. The smallest absolute Gasteiger partial charge is 0.832 e. The molecule has 5 nitrogen and oxygen atoms in total. The molecule has 0 spiro atoms. The van der Waals surface area contributed by atoms with E-state index in [0.717, 1.165) is 0 Å². The molecule has 0 radical (unpaired) electrons. The van der Waals surface area contributed by atoms with Crippen LogP contribution in [0.25, 0.3) is 0 Å². The van der Waals surface area contributed by atoms with Crippen molar-refractivity contribution in [2.45, 2.75) is 11.4 Å². The van der Waals surface area contributed by atoms with E-state index in [9.17, 15) is 7.84 Å². The van der Waals surface area contributed by atoms with Crippen LogP contribution in [-0.4, -0.2) is 31.2 Å². The second kappa shape index (κ2) is 12.3. The van der Waals surface area contributed by atoms with Gasteiger partial charge in [-0.25, -0.2) is 0 Å². The number of hydrogen-bond acceptors (Lipinski definition) is 5. The van der Waals surface area contributed by atoms with E-state index in [2.05, 4.69) is 0 Å². The Bertz CT molecular complexity index is 93.6. The monoisotopic (exact) mass is 244 g/mol. The fraction of sp³-hybridized carbons (Fsp3) is 1.00. The van der Waals surface area contributed by atoms with Crippen LogP contribution >= 0.6 is 0 Å². The molecule has 0 aromatic rings. The SMILES string of the molecule is C[As](C)(=O)[O-].[Na+].[Na+].[O-]B(O)O. The average molecular weight is 244 g/mol. The topological polar surface area (TPSA) is 104 Å². The van der Waals surface area contributed by atoms with Crippen LogP contribution in [0.1, 0.15) is 0 Å². The van der Waals surface area contributed by atoms with E-state index in [1.165, 1.54) is 11.4 Å². The summed E-state index contributed by atoms with van der Waals surface area (Å²) in [5.74, 6) is 0. The standard InChI is InChI=1S/C2H7AsO2.BH2O3.2Na/c1-3(2,4)5;2-1(3)4;;/h1-2H3,(H,4,5);2-3H;;/q;-1;2*+1/p-1. The van der Waals surface area contributed by atoms with E-state index in [4.69, 9.17) is 15.1 Å². The predicted octanol–water partition coefficient (Wildman–Crippen LogP) is -9.20. The number of rotatable bonds is 0. The van der Waals surface area contributed by atoms with Crippen LogP contribution in [0.15, 0.2) is 0 Å². The zero-order valence-corrected chi connectivity index (χ0v) is 13.0. The maximum atomic E-state index is 9.72. The van der Waals surface area contributed by atoms with Gasteiger partial charge in [-0.05, 0) is 0 Å². The summed E-state index contributed by atoms with van der Waals surface area (Å²) in [6.07, 6.45) is 0. The van der Waals surface area contributed by atoms with Crippen LogP contribution in [0.2, 0.25) is 11.4 Å². The predicted molar refractivity (Wildman–Crippen MR) is 28.4 cm³/mol. The molecule has 0 aromatic carbocycles. The van der Waals surface area contributed by atoms with Gasteiger partial charge in [-0.15, -0.1) is 0 Å². The quantitative estimate of drug-likeness (QED) is 0.412. The van der Waals surface area contributed by atoms with Gasteiger partial charge in [-0.3, -0.25) is 0 Å². The van der Waals surface area contributed by atoms with Crippen molar-refractivity contribution >= 4 is 21.2 Å². The molecule has 0 aliphatic carbocycles. The van der Waals surface area contributed by atoms with E-state index >= 15 is 0 Å². The minimum Gasteiger partial charge on any atom is -0.832 e. The van der Waals surface area contributed by atoms with Crippen molar-refractivity contribution < 1.29 is 82.0 Å². The summed E-state index contributed by atoms with van der Waals surface area (Å²) in [7, 11) is -2.42. The average Bonchev–Trinajstić information content (AvgIpc) is 1.19. The van der Waals surface area contributed by atoms with Crippen LogP contribution in [-0.2, 0) is 3.74 Å². The van der Waals surface area contributed by atoms with E-state index in [1.807, 2.05) is 0 Å².